The van der Waals surface area contributed by atoms with Gasteiger partial charge in [0, 0.05) is 17.3 Å². The number of carbonyl (C=O) groups excluding carboxylic acids is 1. The Balaban J connectivity index is 2.55. The van der Waals surface area contributed by atoms with Gasteiger partial charge in [0.1, 0.15) is 12.0 Å². The van der Waals surface area contributed by atoms with Crippen molar-refractivity contribution in [2.24, 2.45) is 5.41 Å². The molecule has 7 heteroatoms. The largest absolute Gasteiger partial charge is 0.466 e. The van der Waals surface area contributed by atoms with Crippen LogP contribution < -0.4 is 9.64 Å². The van der Waals surface area contributed by atoms with Gasteiger partial charge in [-0.25, -0.2) is 8.42 Å². The van der Waals surface area contributed by atoms with E-state index in [1.165, 1.54) is 17.4 Å². The van der Waals surface area contributed by atoms with Gasteiger partial charge < -0.3 is 14.4 Å². The number of hydrogen-bond acceptors (Lipinski definition) is 5. The fourth-order valence-corrected chi connectivity index (χ4v) is 6.41. The minimum absolute atomic E-state index is 0.211. The van der Waals surface area contributed by atoms with Gasteiger partial charge in [0.15, 0.2) is 9.84 Å². The third-order valence-corrected chi connectivity index (χ3v) is 8.36. The Morgan fingerprint density at radius 2 is 1.67 bits per heavy atom. The average Bonchev–Trinajstić information content (AvgIpc) is 2.88. The molecule has 0 aliphatic heterocycles. The number of anilines is 1. The monoisotopic (exact) mass is 510 g/mol. The lowest BCUT2D eigenvalue weighted by atomic mass is 9.81. The molecule has 0 unspecified atom stereocenters. The molecule has 36 heavy (non-hydrogen) atoms. The summed E-state index contributed by atoms with van der Waals surface area (Å²) in [6, 6.07) is 12.4. The van der Waals surface area contributed by atoms with Crippen molar-refractivity contribution in [2.45, 2.75) is 63.7 Å². The van der Waals surface area contributed by atoms with Crippen molar-refractivity contribution < 1.29 is 17.9 Å². The number of benzene rings is 2. The maximum absolute atomic E-state index is 13.8. The highest BCUT2D eigenvalue weighted by Gasteiger charge is 2.36. The molecule has 2 aromatic carbocycles. The lowest BCUT2D eigenvalue weighted by Crippen LogP contribution is -2.32. The second-order valence-corrected chi connectivity index (χ2v) is 11.0. The number of nitrogens with zero attached hydrogens (tertiary/aromatic N) is 1. The van der Waals surface area contributed by atoms with Crippen LogP contribution in [-0.4, -0.2) is 26.8 Å². The number of carbonyl (C=O) groups is 1. The van der Waals surface area contributed by atoms with E-state index in [-0.39, 0.29) is 10.6 Å². The van der Waals surface area contributed by atoms with Gasteiger partial charge in [0.25, 0.3) is 0 Å². The molecule has 0 amide bonds. The van der Waals surface area contributed by atoms with Crippen molar-refractivity contribution in [2.75, 3.05) is 10.7 Å². The highest BCUT2D eigenvalue weighted by atomic mass is 32.2. The summed E-state index contributed by atoms with van der Waals surface area (Å²) in [4.78, 5) is 14.0. The summed E-state index contributed by atoms with van der Waals surface area (Å²) >= 11 is 0. The summed E-state index contributed by atoms with van der Waals surface area (Å²) in [6.07, 6.45) is 9.71. The predicted octanol–water partition coefficient (Wildman–Crippen LogP) is 6.70. The van der Waals surface area contributed by atoms with Gasteiger partial charge in [-0.1, -0.05) is 64.8 Å². The predicted molar refractivity (Wildman–Crippen MR) is 148 cm³/mol. The second kappa shape index (κ2) is 13.8. The van der Waals surface area contributed by atoms with E-state index in [2.05, 4.69) is 13.2 Å². The van der Waals surface area contributed by atoms with E-state index in [0.29, 0.717) is 36.3 Å². The summed E-state index contributed by atoms with van der Waals surface area (Å²) in [5.74, 6) is 0.428. The molecule has 0 fully saturated rings. The molecule has 0 saturated carbocycles. The molecule has 0 aliphatic rings. The fourth-order valence-electron chi connectivity index (χ4n) is 4.34. The fraction of sp³-hybridized carbons (Fsp3) is 0.379. The van der Waals surface area contributed by atoms with E-state index in [1.54, 1.807) is 30.3 Å². The van der Waals surface area contributed by atoms with Crippen LogP contribution in [0.1, 0.15) is 63.5 Å². The van der Waals surface area contributed by atoms with Crippen molar-refractivity contribution in [3.8, 4) is 5.75 Å². The van der Waals surface area contributed by atoms with Crippen LogP contribution in [0.15, 0.2) is 73.0 Å². The van der Waals surface area contributed by atoms with Crippen LogP contribution in [-0.2, 0) is 21.1 Å². The first kappa shape index (κ1) is 29.0. The molecular formula is C29H38N2O4S. The number of sulfone groups is 1. The lowest BCUT2D eigenvalue weighted by molar-refractivity contribution is -0.116. The van der Waals surface area contributed by atoms with Crippen LogP contribution in [0.4, 0.5) is 5.69 Å². The molecule has 0 atom stereocenters. The number of nitrogens with one attached hydrogen (secondary N) is 1. The SMILES string of the molecule is C=COc1ccc(Cc2cc(N(C=C)C=N)ccc2S(=O)(=O)CC(C=O)(CCCC)CCCC)cc1. The Kier molecular flexibility index (Phi) is 11.1. The molecule has 2 rings (SSSR count). The quantitative estimate of drug-likeness (QED) is 0.111. The minimum Gasteiger partial charge on any atom is -0.466 e. The number of unbranched alkanes of at least 4 members (excludes halogenated alkanes) is 2. The molecule has 0 heterocycles. The Morgan fingerprint density at radius 3 is 2.17 bits per heavy atom. The zero-order valence-corrected chi connectivity index (χ0v) is 22.2. The molecule has 1 N–H and O–H groups in total. The van der Waals surface area contributed by atoms with Gasteiger partial charge in [-0.3, -0.25) is 5.41 Å². The zero-order chi connectivity index (χ0) is 26.6. The number of rotatable bonds is 17. The van der Waals surface area contributed by atoms with E-state index in [1.807, 2.05) is 26.0 Å². The molecular weight excluding hydrogens is 472 g/mol. The molecule has 2 aromatic rings. The highest BCUT2D eigenvalue weighted by molar-refractivity contribution is 7.91. The van der Waals surface area contributed by atoms with Crippen LogP contribution in [0.25, 0.3) is 0 Å². The maximum Gasteiger partial charge on any atom is 0.179 e. The van der Waals surface area contributed by atoms with E-state index in [0.717, 1.165) is 43.9 Å². The molecule has 0 bridgehead atoms. The van der Waals surface area contributed by atoms with Gasteiger partial charge in [-0.15, -0.1) is 0 Å². The van der Waals surface area contributed by atoms with Gasteiger partial charge >= 0.3 is 0 Å². The van der Waals surface area contributed by atoms with Crippen LogP contribution in [0.5, 0.6) is 5.75 Å². The summed E-state index contributed by atoms with van der Waals surface area (Å²) in [5.41, 5.74) is 1.24. The average molecular weight is 511 g/mol. The van der Waals surface area contributed by atoms with Gasteiger partial charge in [0.05, 0.1) is 23.2 Å². The molecule has 6 nitrogen and oxygen atoms in total. The van der Waals surface area contributed by atoms with Crippen molar-refractivity contribution in [1.82, 2.24) is 0 Å². The normalized spacial score (nSPS) is 11.5. The first-order valence-corrected chi connectivity index (χ1v) is 14.0. The summed E-state index contributed by atoms with van der Waals surface area (Å²) < 4.78 is 33.0. The standard InChI is InChI=1S/C29H38N2O4S/c1-5-9-17-29(21-32,18-10-6-2)22-36(33,34)28-16-13-26(31(7-3)23-30)20-25(28)19-24-11-14-27(15-12-24)35-8-4/h7-8,11-16,20-21,23,30H,3-6,9-10,17-19,22H2,1-2H3. The lowest BCUT2D eigenvalue weighted by Gasteiger charge is -2.28. The molecule has 0 spiro atoms. The second-order valence-electron chi connectivity index (χ2n) is 9.06. The third kappa shape index (κ3) is 7.65. The van der Waals surface area contributed by atoms with Crippen molar-refractivity contribution in [3.63, 3.8) is 0 Å². The number of aldehydes is 1. The van der Waals surface area contributed by atoms with Crippen LogP contribution in [0.3, 0.4) is 0 Å². The smallest absolute Gasteiger partial charge is 0.179 e. The van der Waals surface area contributed by atoms with Crippen molar-refractivity contribution in [3.05, 3.63) is 79.2 Å². The highest BCUT2D eigenvalue weighted by Crippen LogP contribution is 2.35. The van der Waals surface area contributed by atoms with E-state index >= 15 is 0 Å². The van der Waals surface area contributed by atoms with Crippen molar-refractivity contribution in [1.29, 1.82) is 5.41 Å². The van der Waals surface area contributed by atoms with Crippen LogP contribution in [0.2, 0.25) is 0 Å². The molecule has 0 aliphatic carbocycles. The van der Waals surface area contributed by atoms with Gasteiger partial charge in [-0.2, -0.15) is 0 Å². The molecule has 0 aromatic heterocycles. The van der Waals surface area contributed by atoms with E-state index in [4.69, 9.17) is 10.1 Å². The molecule has 0 radical (unpaired) electrons. The first-order valence-electron chi connectivity index (χ1n) is 12.4. The Morgan fingerprint density at radius 1 is 1.03 bits per heavy atom. The van der Waals surface area contributed by atoms with Gasteiger partial charge in [-0.05, 0) is 60.7 Å². The van der Waals surface area contributed by atoms with Gasteiger partial charge in [0.2, 0.25) is 0 Å². The zero-order valence-electron chi connectivity index (χ0n) is 21.4. The minimum atomic E-state index is -3.78. The number of hydrogen-bond donors (Lipinski definition) is 1. The topological polar surface area (TPSA) is 87.5 Å². The Bertz CT molecular complexity index is 1120. The van der Waals surface area contributed by atoms with E-state index in [9.17, 15) is 13.2 Å². The first-order chi connectivity index (χ1) is 17.3. The maximum atomic E-state index is 13.8. The Labute approximate surface area is 216 Å². The van der Waals surface area contributed by atoms with Crippen LogP contribution >= 0.6 is 0 Å². The molecule has 194 valence electrons. The van der Waals surface area contributed by atoms with Crippen molar-refractivity contribution >= 4 is 28.1 Å². The Hall–Kier alpha value is -3.19. The van der Waals surface area contributed by atoms with E-state index < -0.39 is 15.3 Å². The molecule has 0 saturated heterocycles. The third-order valence-electron chi connectivity index (χ3n) is 6.33. The summed E-state index contributed by atoms with van der Waals surface area (Å²) in [5, 5.41) is 7.65. The number of ether oxygens (including phenoxy) is 1. The van der Waals surface area contributed by atoms with Crippen LogP contribution in [0, 0.1) is 10.8 Å². The summed E-state index contributed by atoms with van der Waals surface area (Å²) in [7, 11) is -3.78. The summed E-state index contributed by atoms with van der Waals surface area (Å²) in [6.45, 7) is 11.4.